The molecule has 1 aromatic heterocycles. The van der Waals surface area contributed by atoms with Crippen LogP contribution >= 0.6 is 0 Å². The molecule has 7 nitrogen and oxygen atoms in total. The summed E-state index contributed by atoms with van der Waals surface area (Å²) in [4.78, 5) is 27.5. The Bertz CT molecular complexity index is 434. The molecule has 2 rings (SSSR count). The third kappa shape index (κ3) is 1.64. The summed E-state index contributed by atoms with van der Waals surface area (Å²) in [6, 6.07) is 0. The van der Waals surface area contributed by atoms with Gasteiger partial charge in [0.1, 0.15) is 6.20 Å². The monoisotopic (exact) mass is 224 g/mol. The first-order valence-electron chi connectivity index (χ1n) is 5.06. The number of hydrogen-bond acceptors (Lipinski definition) is 4. The minimum atomic E-state index is -0.548. The van der Waals surface area contributed by atoms with Gasteiger partial charge in [-0.3, -0.25) is 4.79 Å². The van der Waals surface area contributed by atoms with Crippen molar-refractivity contribution in [2.24, 2.45) is 7.05 Å². The highest BCUT2D eigenvalue weighted by Crippen LogP contribution is 2.16. The van der Waals surface area contributed by atoms with Crippen molar-refractivity contribution in [2.45, 2.75) is 12.8 Å². The van der Waals surface area contributed by atoms with Crippen LogP contribution in [-0.2, 0) is 7.05 Å². The number of carbonyl (C=O) groups excluding carboxylic acids is 1. The second-order valence-electron chi connectivity index (χ2n) is 3.76. The van der Waals surface area contributed by atoms with Crippen LogP contribution in [0.2, 0.25) is 0 Å². The highest BCUT2D eigenvalue weighted by Gasteiger charge is 2.28. The van der Waals surface area contributed by atoms with Crippen molar-refractivity contribution < 1.29 is 9.72 Å². The molecule has 1 saturated heterocycles. The highest BCUT2D eigenvalue weighted by molar-refractivity contribution is 5.91. The fourth-order valence-corrected chi connectivity index (χ4v) is 1.83. The van der Waals surface area contributed by atoms with Crippen LogP contribution in [0, 0.1) is 10.1 Å². The Morgan fingerprint density at radius 3 is 2.62 bits per heavy atom. The molecule has 0 atom stereocenters. The summed E-state index contributed by atoms with van der Waals surface area (Å²) in [7, 11) is 1.48. The molecule has 0 radical (unpaired) electrons. The maximum atomic E-state index is 11.9. The van der Waals surface area contributed by atoms with Crippen LogP contribution in [0.1, 0.15) is 23.5 Å². The first kappa shape index (κ1) is 10.6. The molecule has 1 fully saturated rings. The lowest BCUT2D eigenvalue weighted by Crippen LogP contribution is -2.30. The van der Waals surface area contributed by atoms with E-state index in [1.54, 1.807) is 4.90 Å². The van der Waals surface area contributed by atoms with Crippen molar-refractivity contribution in [1.29, 1.82) is 0 Å². The lowest BCUT2D eigenvalue weighted by Gasteiger charge is -2.12. The number of nitro groups is 1. The van der Waals surface area contributed by atoms with Crippen molar-refractivity contribution in [2.75, 3.05) is 13.1 Å². The van der Waals surface area contributed by atoms with E-state index in [4.69, 9.17) is 0 Å². The molecule has 0 unspecified atom stereocenters. The zero-order chi connectivity index (χ0) is 11.7. The number of nitrogens with zero attached hydrogens (tertiary/aromatic N) is 4. The van der Waals surface area contributed by atoms with E-state index in [-0.39, 0.29) is 17.5 Å². The molecule has 86 valence electrons. The number of imidazole rings is 1. The number of rotatable bonds is 2. The van der Waals surface area contributed by atoms with Gasteiger partial charge in [-0.25, -0.2) is 9.55 Å². The topological polar surface area (TPSA) is 81.3 Å². The lowest BCUT2D eigenvalue weighted by molar-refractivity contribution is -0.391. The number of likely N-dealkylation sites (tertiary alicyclic amines) is 1. The fourth-order valence-electron chi connectivity index (χ4n) is 1.83. The predicted molar refractivity (Wildman–Crippen MR) is 55.0 cm³/mol. The molecule has 0 bridgehead atoms. The summed E-state index contributed by atoms with van der Waals surface area (Å²) in [6.07, 6.45) is 3.08. The van der Waals surface area contributed by atoms with Gasteiger partial charge in [0.05, 0.1) is 7.05 Å². The van der Waals surface area contributed by atoms with Crippen molar-refractivity contribution in [3.8, 4) is 0 Å². The van der Waals surface area contributed by atoms with Crippen molar-refractivity contribution in [3.05, 3.63) is 22.1 Å². The van der Waals surface area contributed by atoms with E-state index in [1.807, 2.05) is 0 Å². The van der Waals surface area contributed by atoms with Crippen molar-refractivity contribution in [1.82, 2.24) is 14.5 Å². The summed E-state index contributed by atoms with van der Waals surface area (Å²) in [6.45, 7) is 1.42. The fraction of sp³-hybridized carbons (Fsp3) is 0.556. The normalized spacial score (nSPS) is 15.4. The van der Waals surface area contributed by atoms with Gasteiger partial charge in [-0.15, -0.1) is 0 Å². The van der Waals surface area contributed by atoms with Crippen LogP contribution < -0.4 is 0 Å². The summed E-state index contributed by atoms with van der Waals surface area (Å²) >= 11 is 0. The zero-order valence-electron chi connectivity index (χ0n) is 8.92. The van der Waals surface area contributed by atoms with E-state index in [0.29, 0.717) is 13.1 Å². The number of hydrogen-bond donors (Lipinski definition) is 0. The molecule has 0 saturated carbocycles. The molecule has 7 heteroatoms. The smallest absolute Gasteiger partial charge is 0.343 e. The predicted octanol–water partition coefficient (Wildman–Crippen LogP) is 0.564. The van der Waals surface area contributed by atoms with Crippen molar-refractivity contribution in [3.63, 3.8) is 0 Å². The maximum absolute atomic E-state index is 11.9. The summed E-state index contributed by atoms with van der Waals surface area (Å²) in [5, 5.41) is 10.6. The first-order valence-corrected chi connectivity index (χ1v) is 5.06. The molecule has 1 aromatic rings. The Kier molecular flexibility index (Phi) is 2.59. The van der Waals surface area contributed by atoms with Crippen LogP contribution in [0.15, 0.2) is 6.20 Å². The van der Waals surface area contributed by atoms with Gasteiger partial charge >= 0.3 is 11.7 Å². The minimum absolute atomic E-state index is 0.133. The quantitative estimate of drug-likeness (QED) is 0.543. The zero-order valence-corrected chi connectivity index (χ0v) is 8.92. The van der Waals surface area contributed by atoms with Gasteiger partial charge < -0.3 is 15.0 Å². The minimum Gasteiger partial charge on any atom is -0.358 e. The largest absolute Gasteiger partial charge is 0.358 e. The Hall–Kier alpha value is -1.92. The van der Waals surface area contributed by atoms with E-state index in [9.17, 15) is 14.9 Å². The molecule has 16 heavy (non-hydrogen) atoms. The summed E-state index contributed by atoms with van der Waals surface area (Å²) in [5.74, 6) is -0.260. The van der Waals surface area contributed by atoms with Gasteiger partial charge in [0.2, 0.25) is 0 Å². The maximum Gasteiger partial charge on any atom is 0.343 e. The average Bonchev–Trinajstić information content (AvgIpc) is 2.84. The number of aromatic nitrogens is 2. The SMILES string of the molecule is Cn1c([N+](=O)[O-])cnc1C(=O)N1CCCC1. The summed E-state index contributed by atoms with van der Waals surface area (Å²) < 4.78 is 1.22. The average molecular weight is 224 g/mol. The van der Waals surface area contributed by atoms with Crippen molar-refractivity contribution >= 4 is 11.7 Å². The van der Waals surface area contributed by atoms with Crippen LogP contribution in [0.5, 0.6) is 0 Å². The molecule has 2 heterocycles. The molecular weight excluding hydrogens is 212 g/mol. The van der Waals surface area contributed by atoms with Crippen LogP contribution in [0.25, 0.3) is 0 Å². The molecule has 0 N–H and O–H groups in total. The Morgan fingerprint density at radius 2 is 2.12 bits per heavy atom. The van der Waals surface area contributed by atoms with Crippen LogP contribution in [0.3, 0.4) is 0 Å². The first-order chi connectivity index (χ1) is 7.61. The van der Waals surface area contributed by atoms with E-state index < -0.39 is 4.92 Å². The van der Waals surface area contributed by atoms with Crippen LogP contribution in [0.4, 0.5) is 5.82 Å². The summed E-state index contributed by atoms with van der Waals surface area (Å²) in [5.41, 5.74) is 0. The van der Waals surface area contributed by atoms with E-state index in [1.165, 1.54) is 11.6 Å². The number of carbonyl (C=O) groups is 1. The second-order valence-corrected chi connectivity index (χ2v) is 3.76. The van der Waals surface area contributed by atoms with Gasteiger partial charge in [0, 0.05) is 13.1 Å². The third-order valence-corrected chi connectivity index (χ3v) is 2.74. The molecule has 0 aromatic carbocycles. The Morgan fingerprint density at radius 1 is 1.50 bits per heavy atom. The molecule has 1 aliphatic rings. The lowest BCUT2D eigenvalue weighted by atomic mass is 10.4. The molecule has 0 aliphatic carbocycles. The second kappa shape index (κ2) is 3.92. The Balaban J connectivity index is 2.26. The standard InChI is InChI=1S/C9H12N4O3/c1-11-7(13(15)16)6-10-8(11)9(14)12-4-2-3-5-12/h6H,2-5H2,1H3. The molecule has 1 aliphatic heterocycles. The van der Waals surface area contributed by atoms with Crippen LogP contribution in [-0.4, -0.2) is 38.4 Å². The Labute approximate surface area is 91.8 Å². The molecular formula is C9H12N4O3. The van der Waals surface area contributed by atoms with E-state index in [0.717, 1.165) is 19.0 Å². The number of amides is 1. The van der Waals surface area contributed by atoms with Gasteiger partial charge in [-0.2, -0.15) is 0 Å². The van der Waals surface area contributed by atoms with Gasteiger partial charge in [0.15, 0.2) is 0 Å². The molecule has 0 spiro atoms. The van der Waals surface area contributed by atoms with E-state index >= 15 is 0 Å². The van der Waals surface area contributed by atoms with Gasteiger partial charge in [-0.05, 0) is 17.8 Å². The third-order valence-electron chi connectivity index (χ3n) is 2.74. The van der Waals surface area contributed by atoms with Gasteiger partial charge in [-0.1, -0.05) is 0 Å². The van der Waals surface area contributed by atoms with Gasteiger partial charge in [0.25, 0.3) is 5.82 Å². The highest BCUT2D eigenvalue weighted by atomic mass is 16.6. The molecule has 1 amide bonds. The van der Waals surface area contributed by atoms with E-state index in [2.05, 4.69) is 4.98 Å².